The van der Waals surface area contributed by atoms with E-state index in [2.05, 4.69) is 58.2 Å². The molecule has 3 aromatic heterocycles. The molecule has 0 radical (unpaired) electrons. The lowest BCUT2D eigenvalue weighted by molar-refractivity contribution is 0.102. The first-order chi connectivity index (χ1) is 16.1. The number of halogens is 1. The first-order valence-corrected chi connectivity index (χ1v) is 11.3. The number of nitrogens with zero attached hydrogens (tertiary/aromatic N) is 5. The second-order valence-corrected chi connectivity index (χ2v) is 9.79. The van der Waals surface area contributed by atoms with E-state index in [0.29, 0.717) is 28.0 Å². The third-order valence-corrected chi connectivity index (χ3v) is 7.13. The van der Waals surface area contributed by atoms with Gasteiger partial charge in [0.1, 0.15) is 11.0 Å². The topological polar surface area (TPSA) is 87.5 Å². The quantitative estimate of drug-likeness (QED) is 0.481. The van der Waals surface area contributed by atoms with Crippen molar-refractivity contribution < 1.29 is 9.18 Å². The van der Waals surface area contributed by atoms with Crippen LogP contribution in [0.25, 0.3) is 16.7 Å². The molecule has 5 rings (SSSR count). The van der Waals surface area contributed by atoms with Crippen LogP contribution in [-0.4, -0.2) is 49.4 Å². The van der Waals surface area contributed by atoms with Crippen LogP contribution in [0.15, 0.2) is 43.0 Å². The zero-order chi connectivity index (χ0) is 24.3. The number of carbonyl (C=O) groups excluding carboxylic acids is 1. The molecule has 1 aliphatic rings. The molecule has 0 aliphatic carbocycles. The largest absolute Gasteiger partial charge is 0.361 e. The summed E-state index contributed by atoms with van der Waals surface area (Å²) in [7, 11) is 0. The second-order valence-electron chi connectivity index (χ2n) is 9.79. The summed E-state index contributed by atoms with van der Waals surface area (Å²) in [6.45, 7) is 12.2. The Morgan fingerprint density at radius 3 is 2.62 bits per heavy atom. The molecule has 0 atom stereocenters. The number of rotatable bonds is 3. The number of anilines is 2. The average Bonchev–Trinajstić information content (AvgIpc) is 3.16. The average molecular weight is 462 g/mol. The van der Waals surface area contributed by atoms with Crippen molar-refractivity contribution in [3.63, 3.8) is 0 Å². The Labute approximate surface area is 197 Å². The molecule has 4 heterocycles. The van der Waals surface area contributed by atoms with E-state index < -0.39 is 5.82 Å². The van der Waals surface area contributed by atoms with Gasteiger partial charge in [0.15, 0.2) is 11.5 Å². The summed E-state index contributed by atoms with van der Waals surface area (Å²) in [6, 6.07) is 4.97. The van der Waals surface area contributed by atoms with Crippen molar-refractivity contribution in [2.75, 3.05) is 23.3 Å². The molecule has 1 aliphatic heterocycles. The predicted molar refractivity (Wildman–Crippen MR) is 131 cm³/mol. The van der Waals surface area contributed by atoms with Crippen LogP contribution in [-0.2, 0) is 0 Å². The van der Waals surface area contributed by atoms with Gasteiger partial charge in [-0.1, -0.05) is 0 Å². The third kappa shape index (κ3) is 3.47. The van der Waals surface area contributed by atoms with Gasteiger partial charge in [-0.25, -0.2) is 9.37 Å². The van der Waals surface area contributed by atoms with E-state index in [0.717, 1.165) is 18.8 Å². The van der Waals surface area contributed by atoms with Crippen LogP contribution in [0.2, 0.25) is 0 Å². The Bertz CT molecular complexity index is 1430. The first kappa shape index (κ1) is 22.2. The van der Waals surface area contributed by atoms with Crippen molar-refractivity contribution in [2.45, 2.75) is 45.7 Å². The fourth-order valence-electron chi connectivity index (χ4n) is 4.62. The SMILES string of the molecule is Cc1cn2cc(NC(=O)c3ccc(N4CCNC(C)(C)C4(C)C)c4nccnc34)cc(F)c2n1. The molecule has 0 unspecified atom stereocenters. The Hall–Kier alpha value is -3.59. The fraction of sp³-hybridized carbons (Fsp3) is 0.360. The molecule has 0 saturated carbocycles. The number of imidazole rings is 1. The second kappa shape index (κ2) is 7.73. The number of pyridine rings is 1. The van der Waals surface area contributed by atoms with Crippen molar-refractivity contribution in [3.05, 3.63) is 60.1 Å². The van der Waals surface area contributed by atoms with Crippen LogP contribution >= 0.6 is 0 Å². The van der Waals surface area contributed by atoms with Gasteiger partial charge in [-0.05, 0) is 46.8 Å². The number of carbonyl (C=O) groups is 1. The highest BCUT2D eigenvalue weighted by Gasteiger charge is 2.45. The van der Waals surface area contributed by atoms with Crippen LogP contribution in [0, 0.1) is 12.7 Å². The Morgan fingerprint density at radius 2 is 1.85 bits per heavy atom. The minimum absolute atomic E-state index is 0.135. The molecular formula is C25H28FN7O. The van der Waals surface area contributed by atoms with Gasteiger partial charge in [-0.15, -0.1) is 0 Å². The highest BCUT2D eigenvalue weighted by atomic mass is 19.1. The number of benzene rings is 1. The van der Waals surface area contributed by atoms with E-state index in [4.69, 9.17) is 0 Å². The maximum atomic E-state index is 14.5. The number of aryl methyl sites for hydroxylation is 1. The van der Waals surface area contributed by atoms with Gasteiger partial charge in [0.2, 0.25) is 0 Å². The molecule has 1 aromatic carbocycles. The van der Waals surface area contributed by atoms with Gasteiger partial charge in [-0.3, -0.25) is 14.8 Å². The van der Waals surface area contributed by atoms with Crippen LogP contribution in [0.1, 0.15) is 43.7 Å². The van der Waals surface area contributed by atoms with E-state index in [1.165, 1.54) is 6.07 Å². The number of piperazine rings is 1. The third-order valence-electron chi connectivity index (χ3n) is 7.13. The maximum Gasteiger partial charge on any atom is 0.257 e. The lowest BCUT2D eigenvalue weighted by Crippen LogP contribution is -2.70. The van der Waals surface area contributed by atoms with Crippen LogP contribution in [0.3, 0.4) is 0 Å². The van der Waals surface area contributed by atoms with Crippen molar-refractivity contribution in [2.24, 2.45) is 0 Å². The van der Waals surface area contributed by atoms with E-state index in [1.54, 1.807) is 42.2 Å². The number of nitrogens with one attached hydrogen (secondary N) is 2. The van der Waals surface area contributed by atoms with E-state index >= 15 is 0 Å². The smallest absolute Gasteiger partial charge is 0.257 e. The Morgan fingerprint density at radius 1 is 1.12 bits per heavy atom. The number of fused-ring (bicyclic) bond motifs is 2. The molecule has 176 valence electrons. The standard InChI is InChI=1S/C25H28FN7O/c1-15-13-32-14-16(12-18(26)22(32)30-15)31-23(34)17-6-7-19(21-20(17)27-8-9-28-21)33-11-10-29-24(2,3)25(33,4)5/h6-9,12-14,29H,10-11H2,1-5H3,(H,31,34). The number of hydrogen-bond acceptors (Lipinski definition) is 6. The highest BCUT2D eigenvalue weighted by molar-refractivity contribution is 6.13. The summed E-state index contributed by atoms with van der Waals surface area (Å²) >= 11 is 0. The molecule has 4 aromatic rings. The maximum absolute atomic E-state index is 14.5. The van der Waals surface area contributed by atoms with Gasteiger partial charge in [0, 0.05) is 49.5 Å². The van der Waals surface area contributed by atoms with Gasteiger partial charge >= 0.3 is 0 Å². The van der Waals surface area contributed by atoms with Crippen molar-refractivity contribution in [1.82, 2.24) is 24.7 Å². The molecule has 2 N–H and O–H groups in total. The molecule has 1 fully saturated rings. The van der Waals surface area contributed by atoms with Crippen molar-refractivity contribution in [1.29, 1.82) is 0 Å². The Balaban J connectivity index is 1.54. The van der Waals surface area contributed by atoms with Crippen LogP contribution in [0.5, 0.6) is 0 Å². The summed E-state index contributed by atoms with van der Waals surface area (Å²) in [5.41, 5.74) is 3.37. The normalized spacial score (nSPS) is 17.3. The molecule has 9 heteroatoms. The van der Waals surface area contributed by atoms with Gasteiger partial charge < -0.3 is 19.9 Å². The lowest BCUT2D eigenvalue weighted by Gasteiger charge is -2.55. The minimum atomic E-state index is -0.505. The van der Waals surface area contributed by atoms with E-state index in [9.17, 15) is 9.18 Å². The zero-order valence-electron chi connectivity index (χ0n) is 20.0. The van der Waals surface area contributed by atoms with Crippen molar-refractivity contribution in [3.8, 4) is 0 Å². The molecule has 0 spiro atoms. The summed E-state index contributed by atoms with van der Waals surface area (Å²) in [6.07, 6.45) is 6.57. The van der Waals surface area contributed by atoms with Crippen molar-refractivity contribution >= 4 is 34.0 Å². The lowest BCUT2D eigenvalue weighted by atomic mass is 9.78. The van der Waals surface area contributed by atoms with E-state index in [-0.39, 0.29) is 22.6 Å². The summed E-state index contributed by atoms with van der Waals surface area (Å²) < 4.78 is 16.1. The Kier molecular flexibility index (Phi) is 5.05. The molecule has 34 heavy (non-hydrogen) atoms. The summed E-state index contributed by atoms with van der Waals surface area (Å²) in [5.74, 6) is -0.887. The van der Waals surface area contributed by atoms with Gasteiger partial charge in [0.05, 0.1) is 28.2 Å². The van der Waals surface area contributed by atoms with Crippen LogP contribution in [0.4, 0.5) is 15.8 Å². The molecular weight excluding hydrogens is 433 g/mol. The minimum Gasteiger partial charge on any atom is -0.361 e. The molecule has 1 amide bonds. The zero-order valence-corrected chi connectivity index (χ0v) is 20.0. The first-order valence-electron chi connectivity index (χ1n) is 11.3. The number of amides is 1. The molecule has 0 bridgehead atoms. The monoisotopic (exact) mass is 461 g/mol. The predicted octanol–water partition coefficient (Wildman–Crippen LogP) is 3.94. The summed E-state index contributed by atoms with van der Waals surface area (Å²) in [4.78, 5) is 28.8. The van der Waals surface area contributed by atoms with E-state index in [1.807, 2.05) is 6.07 Å². The summed E-state index contributed by atoms with van der Waals surface area (Å²) in [5, 5.41) is 6.40. The van der Waals surface area contributed by atoms with Crippen LogP contribution < -0.4 is 15.5 Å². The number of aromatic nitrogens is 4. The molecule has 1 saturated heterocycles. The molecule has 8 nitrogen and oxygen atoms in total. The fourth-order valence-corrected chi connectivity index (χ4v) is 4.62. The number of hydrogen-bond donors (Lipinski definition) is 2. The highest BCUT2D eigenvalue weighted by Crippen LogP contribution is 2.38. The van der Waals surface area contributed by atoms with Gasteiger partial charge in [0.25, 0.3) is 5.91 Å². The van der Waals surface area contributed by atoms with Gasteiger partial charge in [-0.2, -0.15) is 0 Å².